The number of nitrogens with one attached hydrogen (secondary N) is 4. The molecule has 5 N–H and O–H groups in total. The number of alkyl carbamates (subject to hydrolysis) is 1. The molecule has 2 heterocycles. The minimum atomic E-state index is -1.51. The van der Waals surface area contributed by atoms with Gasteiger partial charge < -0.3 is 35.8 Å². The van der Waals surface area contributed by atoms with Crippen molar-refractivity contribution in [1.29, 1.82) is 0 Å². The lowest BCUT2D eigenvalue weighted by Crippen LogP contribution is -2.53. The number of rotatable bonds is 4. The van der Waals surface area contributed by atoms with Crippen LogP contribution in [0.5, 0.6) is 0 Å². The molecule has 2 aromatic carbocycles. The van der Waals surface area contributed by atoms with E-state index in [1.54, 1.807) is 42.5 Å². The fourth-order valence-corrected chi connectivity index (χ4v) is 3.60. The predicted octanol–water partition coefficient (Wildman–Crippen LogP) is 0.234. The van der Waals surface area contributed by atoms with Crippen LogP contribution in [0.3, 0.4) is 0 Å². The summed E-state index contributed by atoms with van der Waals surface area (Å²) in [5.41, 5.74) is 1.64. The Morgan fingerprint density at radius 2 is 1.59 bits per heavy atom. The number of esters is 1. The Hall–Kier alpha value is -4.94. The molecule has 0 saturated carbocycles. The molecule has 13 nitrogen and oxygen atoms in total. The van der Waals surface area contributed by atoms with Crippen molar-refractivity contribution in [3.63, 3.8) is 0 Å². The highest BCUT2D eigenvalue weighted by Gasteiger charge is 2.29. The second-order valence-corrected chi connectivity index (χ2v) is 8.54. The number of carbonyl (C=O) groups excluding carboxylic acids is 5. The molecule has 2 aliphatic heterocycles. The van der Waals surface area contributed by atoms with Crippen LogP contribution in [-0.4, -0.2) is 66.3 Å². The molecule has 2 bridgehead atoms. The zero-order valence-corrected chi connectivity index (χ0v) is 20.8. The molecule has 0 aliphatic carbocycles. The van der Waals surface area contributed by atoms with Crippen LogP contribution in [0.1, 0.15) is 34.3 Å². The highest BCUT2D eigenvalue weighted by atomic mass is 16.7. The zero-order valence-electron chi connectivity index (χ0n) is 20.8. The van der Waals surface area contributed by atoms with Crippen LogP contribution < -0.4 is 21.3 Å². The van der Waals surface area contributed by atoms with E-state index in [0.29, 0.717) is 16.7 Å². The summed E-state index contributed by atoms with van der Waals surface area (Å²) in [5.74, 6) is -4.37. The number of ether oxygens (including phenoxy) is 2. The lowest BCUT2D eigenvalue weighted by atomic mass is 10.0. The maximum Gasteiger partial charge on any atom is 0.410 e. The largest absolute Gasteiger partial charge is 0.481 e. The van der Waals surface area contributed by atoms with Crippen LogP contribution in [0, 0.1) is 0 Å². The van der Waals surface area contributed by atoms with Crippen LogP contribution >= 0.6 is 0 Å². The molecule has 39 heavy (non-hydrogen) atoms. The number of hydrogen-bond acceptors (Lipinski definition) is 8. The van der Waals surface area contributed by atoms with Gasteiger partial charge in [-0.2, -0.15) is 0 Å². The van der Waals surface area contributed by atoms with Crippen molar-refractivity contribution in [2.75, 3.05) is 13.3 Å². The van der Waals surface area contributed by atoms with E-state index in [1.165, 1.54) is 12.1 Å². The standard InChI is InChI=1S/C26H28N4O9/c31-21-10-11-27-23(34)18-8-6-17(7-9-18)14-28-26(37)39-15-38-25(36)20(12-16-4-2-1-3-5-16)30-24(35)19(29-21)13-22(32)33/h1-9,19-20H,10-15H2,(H,27,34)(H,28,37)(H,29,31)(H,30,35)(H,32,33)/t19-,20-/m0/s1. The number of amides is 4. The van der Waals surface area contributed by atoms with E-state index >= 15 is 0 Å². The molecule has 0 saturated heterocycles. The van der Waals surface area contributed by atoms with Crippen molar-refractivity contribution in [3.05, 3.63) is 71.3 Å². The highest BCUT2D eigenvalue weighted by molar-refractivity contribution is 5.95. The van der Waals surface area contributed by atoms with Gasteiger partial charge in [0.05, 0.1) is 6.42 Å². The first-order valence-corrected chi connectivity index (χ1v) is 12.0. The molecule has 13 heteroatoms. The van der Waals surface area contributed by atoms with E-state index in [9.17, 15) is 33.9 Å². The van der Waals surface area contributed by atoms with Crippen molar-refractivity contribution in [1.82, 2.24) is 21.3 Å². The van der Waals surface area contributed by atoms with Gasteiger partial charge in [0.25, 0.3) is 5.91 Å². The summed E-state index contributed by atoms with van der Waals surface area (Å²) in [4.78, 5) is 73.9. The molecule has 2 aromatic rings. The van der Waals surface area contributed by atoms with Crippen molar-refractivity contribution < 1.29 is 43.3 Å². The maximum absolute atomic E-state index is 13.0. The molecule has 4 rings (SSSR count). The van der Waals surface area contributed by atoms with Crippen molar-refractivity contribution in [3.8, 4) is 0 Å². The molecule has 2 aliphatic rings. The number of hydrogen-bond donors (Lipinski definition) is 5. The van der Waals surface area contributed by atoms with Gasteiger partial charge in [-0.25, -0.2) is 9.59 Å². The average Bonchev–Trinajstić information content (AvgIpc) is 2.91. The van der Waals surface area contributed by atoms with E-state index in [1.807, 2.05) is 0 Å². The summed E-state index contributed by atoms with van der Waals surface area (Å²) in [5, 5.41) is 19.1. The Balaban J connectivity index is 1.79. The van der Waals surface area contributed by atoms with Crippen LogP contribution in [0.25, 0.3) is 0 Å². The first-order valence-electron chi connectivity index (χ1n) is 12.0. The van der Waals surface area contributed by atoms with Gasteiger partial charge in [0.1, 0.15) is 12.1 Å². The fourth-order valence-electron chi connectivity index (χ4n) is 3.60. The van der Waals surface area contributed by atoms with E-state index in [2.05, 4.69) is 21.3 Å². The third-order valence-corrected chi connectivity index (χ3v) is 5.60. The Labute approximate surface area is 223 Å². The van der Waals surface area contributed by atoms with Crippen LogP contribution in [0.4, 0.5) is 4.79 Å². The summed E-state index contributed by atoms with van der Waals surface area (Å²) < 4.78 is 9.91. The predicted molar refractivity (Wildman–Crippen MR) is 134 cm³/mol. The third-order valence-electron chi connectivity index (χ3n) is 5.60. The third kappa shape index (κ3) is 9.46. The number of aliphatic carboxylic acids is 1. The lowest BCUT2D eigenvalue weighted by Gasteiger charge is -2.22. The van der Waals surface area contributed by atoms with E-state index < -0.39 is 61.1 Å². The minimum Gasteiger partial charge on any atom is -0.481 e. The number of carboxylic acids is 1. The van der Waals surface area contributed by atoms with Crippen LogP contribution in [-0.2, 0) is 41.6 Å². The molecule has 206 valence electrons. The summed E-state index contributed by atoms with van der Waals surface area (Å²) in [6.07, 6.45) is -1.88. The summed E-state index contributed by atoms with van der Waals surface area (Å²) >= 11 is 0. The van der Waals surface area contributed by atoms with Gasteiger partial charge in [-0.05, 0) is 23.3 Å². The Morgan fingerprint density at radius 3 is 2.28 bits per heavy atom. The first-order chi connectivity index (χ1) is 18.7. The normalized spacial score (nSPS) is 19.7. The number of carbonyl (C=O) groups is 6. The molecule has 4 amide bonds. The maximum atomic E-state index is 13.0. The van der Waals surface area contributed by atoms with Gasteiger partial charge in [-0.1, -0.05) is 42.5 Å². The Bertz CT molecular complexity index is 1200. The van der Waals surface area contributed by atoms with Gasteiger partial charge >= 0.3 is 18.0 Å². The van der Waals surface area contributed by atoms with Gasteiger partial charge in [0, 0.05) is 31.5 Å². The van der Waals surface area contributed by atoms with Crippen LogP contribution in [0.2, 0.25) is 0 Å². The molecule has 0 fully saturated rings. The van der Waals surface area contributed by atoms with Gasteiger partial charge in [-0.3, -0.25) is 19.2 Å². The number of benzene rings is 2. The molecule has 0 spiro atoms. The summed E-state index contributed by atoms with van der Waals surface area (Å²) in [6, 6.07) is 12.1. The quantitative estimate of drug-likeness (QED) is 0.267. The fraction of sp³-hybridized carbons (Fsp3) is 0.308. The first kappa shape index (κ1) is 28.6. The molecular weight excluding hydrogens is 512 g/mol. The van der Waals surface area contributed by atoms with Gasteiger partial charge in [-0.15, -0.1) is 0 Å². The minimum absolute atomic E-state index is 0.0206. The molecule has 0 unspecified atom stereocenters. The Morgan fingerprint density at radius 1 is 0.872 bits per heavy atom. The zero-order chi connectivity index (χ0) is 28.2. The van der Waals surface area contributed by atoms with Crippen molar-refractivity contribution >= 4 is 35.8 Å². The Kier molecular flexibility index (Phi) is 10.4. The highest BCUT2D eigenvalue weighted by Crippen LogP contribution is 2.08. The number of fused-ring (bicyclic) bond motifs is 18. The van der Waals surface area contributed by atoms with E-state index in [-0.39, 0.29) is 25.9 Å². The van der Waals surface area contributed by atoms with E-state index in [4.69, 9.17) is 9.47 Å². The summed E-state index contributed by atoms with van der Waals surface area (Å²) in [6.45, 7) is -0.753. The smallest absolute Gasteiger partial charge is 0.410 e. The number of carboxylic acid groups (broad SMARTS) is 1. The molecular formula is C26H28N4O9. The SMILES string of the molecule is O=C(O)C[C@@H]1NC(=O)CCNC(=O)c2ccc(cc2)CNC(=O)OCOC(=O)[C@H](Cc2ccccc2)NC1=O. The van der Waals surface area contributed by atoms with Crippen LogP contribution in [0.15, 0.2) is 54.6 Å². The molecule has 2 atom stereocenters. The van der Waals surface area contributed by atoms with Crippen molar-refractivity contribution in [2.24, 2.45) is 0 Å². The van der Waals surface area contributed by atoms with Gasteiger partial charge in [0.15, 0.2) is 0 Å². The molecule has 0 radical (unpaired) electrons. The van der Waals surface area contributed by atoms with Crippen molar-refractivity contribution in [2.45, 2.75) is 37.9 Å². The topological polar surface area (TPSA) is 189 Å². The average molecular weight is 541 g/mol. The van der Waals surface area contributed by atoms with E-state index in [0.717, 1.165) is 0 Å². The monoisotopic (exact) mass is 540 g/mol. The lowest BCUT2D eigenvalue weighted by molar-refractivity contribution is -0.155. The second kappa shape index (κ2) is 14.1. The molecule has 0 aromatic heterocycles. The summed E-state index contributed by atoms with van der Waals surface area (Å²) in [7, 11) is 0. The second-order valence-electron chi connectivity index (χ2n) is 8.54. The van der Waals surface area contributed by atoms with Gasteiger partial charge in [0.2, 0.25) is 18.6 Å².